The van der Waals surface area contributed by atoms with Crippen LogP contribution >= 0.6 is 0 Å². The number of rotatable bonds is 3. The molecule has 4 heteroatoms. The molecule has 4 nitrogen and oxygen atoms in total. The van der Waals surface area contributed by atoms with E-state index in [0.29, 0.717) is 18.5 Å². The molecule has 0 atom stereocenters. The second kappa shape index (κ2) is 5.64. The van der Waals surface area contributed by atoms with E-state index < -0.39 is 0 Å². The van der Waals surface area contributed by atoms with Crippen LogP contribution in [0.5, 0.6) is 0 Å². The molecule has 0 bridgehead atoms. The molecule has 0 fully saturated rings. The quantitative estimate of drug-likeness (QED) is 0.945. The van der Waals surface area contributed by atoms with Crippen molar-refractivity contribution in [1.29, 1.82) is 0 Å². The first-order valence-corrected chi connectivity index (χ1v) is 7.28. The van der Waals surface area contributed by atoms with Gasteiger partial charge in [0.2, 0.25) is 5.91 Å². The molecular formula is C18H18N2O2. The van der Waals surface area contributed by atoms with E-state index in [4.69, 9.17) is 0 Å². The van der Waals surface area contributed by atoms with Crippen molar-refractivity contribution in [3.8, 4) is 0 Å². The second-order valence-electron chi connectivity index (χ2n) is 5.59. The van der Waals surface area contributed by atoms with Crippen molar-refractivity contribution in [3.05, 3.63) is 64.7 Å². The van der Waals surface area contributed by atoms with Crippen molar-refractivity contribution in [2.24, 2.45) is 0 Å². The Labute approximate surface area is 129 Å². The summed E-state index contributed by atoms with van der Waals surface area (Å²) < 4.78 is 0. The summed E-state index contributed by atoms with van der Waals surface area (Å²) in [6.45, 7) is 2.38. The minimum absolute atomic E-state index is 0.0770. The van der Waals surface area contributed by atoms with E-state index in [1.165, 1.54) is 0 Å². The lowest BCUT2D eigenvalue weighted by Crippen LogP contribution is -2.23. The fourth-order valence-electron chi connectivity index (χ4n) is 2.74. The van der Waals surface area contributed by atoms with Gasteiger partial charge in [0.05, 0.1) is 6.42 Å². The first kappa shape index (κ1) is 14.3. The summed E-state index contributed by atoms with van der Waals surface area (Å²) in [4.78, 5) is 25.6. The molecule has 112 valence electrons. The molecule has 0 saturated carbocycles. The van der Waals surface area contributed by atoms with Gasteiger partial charge in [-0.15, -0.1) is 0 Å². The maximum Gasteiger partial charge on any atom is 0.251 e. The Morgan fingerprint density at radius 1 is 1.23 bits per heavy atom. The topological polar surface area (TPSA) is 49.4 Å². The maximum atomic E-state index is 12.2. The summed E-state index contributed by atoms with van der Waals surface area (Å²) in [5, 5.41) is 2.93. The zero-order valence-electron chi connectivity index (χ0n) is 12.7. The second-order valence-corrected chi connectivity index (χ2v) is 5.59. The van der Waals surface area contributed by atoms with Crippen LogP contribution in [0.2, 0.25) is 0 Å². The summed E-state index contributed by atoms with van der Waals surface area (Å²) in [5.74, 6) is 0.0305. The number of nitrogens with zero attached hydrogens (tertiary/aromatic N) is 1. The fraction of sp³-hybridized carbons (Fsp3) is 0.222. The molecular weight excluding hydrogens is 276 g/mol. The van der Waals surface area contributed by atoms with Crippen LogP contribution in [0.4, 0.5) is 5.69 Å². The number of carbonyl (C=O) groups excluding carboxylic acids is 2. The molecule has 0 aromatic heterocycles. The molecule has 1 aliphatic heterocycles. The van der Waals surface area contributed by atoms with Crippen molar-refractivity contribution in [1.82, 2.24) is 5.32 Å². The van der Waals surface area contributed by atoms with E-state index in [-0.39, 0.29) is 11.8 Å². The Hall–Kier alpha value is -2.62. The molecule has 0 radical (unpaired) electrons. The van der Waals surface area contributed by atoms with Crippen molar-refractivity contribution >= 4 is 17.5 Å². The SMILES string of the molecule is Cc1ccccc1C(=O)NCc1ccc2c(c1)CC(=O)N2C. The van der Waals surface area contributed by atoms with E-state index in [1.807, 2.05) is 49.4 Å². The normalized spacial score (nSPS) is 13.2. The Morgan fingerprint density at radius 2 is 2.00 bits per heavy atom. The molecule has 2 aromatic rings. The highest BCUT2D eigenvalue weighted by Crippen LogP contribution is 2.28. The molecule has 1 heterocycles. The van der Waals surface area contributed by atoms with Crippen LogP contribution in [0.3, 0.4) is 0 Å². The van der Waals surface area contributed by atoms with Crippen molar-refractivity contribution < 1.29 is 9.59 Å². The van der Waals surface area contributed by atoms with Gasteiger partial charge in [-0.05, 0) is 35.7 Å². The lowest BCUT2D eigenvalue weighted by atomic mass is 10.1. The van der Waals surface area contributed by atoms with Gasteiger partial charge in [0, 0.05) is 24.8 Å². The average Bonchev–Trinajstić information content (AvgIpc) is 2.80. The predicted octanol–water partition coefficient (Wildman–Crippen LogP) is 2.44. The predicted molar refractivity (Wildman–Crippen MR) is 85.9 cm³/mol. The number of amides is 2. The Kier molecular flexibility index (Phi) is 3.67. The molecule has 0 unspecified atom stereocenters. The van der Waals surface area contributed by atoms with E-state index in [1.54, 1.807) is 11.9 Å². The zero-order valence-corrected chi connectivity index (χ0v) is 12.7. The van der Waals surface area contributed by atoms with Crippen molar-refractivity contribution in [3.63, 3.8) is 0 Å². The summed E-state index contributed by atoms with van der Waals surface area (Å²) in [5.41, 5.74) is 4.64. The van der Waals surface area contributed by atoms with Gasteiger partial charge in [0.1, 0.15) is 0 Å². The van der Waals surface area contributed by atoms with Gasteiger partial charge < -0.3 is 10.2 Å². The van der Waals surface area contributed by atoms with Gasteiger partial charge >= 0.3 is 0 Å². The van der Waals surface area contributed by atoms with Gasteiger partial charge in [0.15, 0.2) is 0 Å². The number of hydrogen-bond donors (Lipinski definition) is 1. The highest BCUT2D eigenvalue weighted by atomic mass is 16.2. The lowest BCUT2D eigenvalue weighted by Gasteiger charge is -2.11. The number of benzene rings is 2. The van der Waals surface area contributed by atoms with Crippen LogP contribution in [-0.2, 0) is 17.8 Å². The fourth-order valence-corrected chi connectivity index (χ4v) is 2.74. The number of nitrogens with one attached hydrogen (secondary N) is 1. The first-order chi connectivity index (χ1) is 10.6. The third kappa shape index (κ3) is 2.60. The van der Waals surface area contributed by atoms with Crippen LogP contribution in [0.15, 0.2) is 42.5 Å². The van der Waals surface area contributed by atoms with E-state index in [0.717, 1.165) is 22.4 Å². The van der Waals surface area contributed by atoms with E-state index >= 15 is 0 Å². The van der Waals surface area contributed by atoms with Gasteiger partial charge in [-0.25, -0.2) is 0 Å². The molecule has 0 spiro atoms. The highest BCUT2D eigenvalue weighted by Gasteiger charge is 2.23. The van der Waals surface area contributed by atoms with Gasteiger partial charge in [-0.1, -0.05) is 30.3 Å². The largest absolute Gasteiger partial charge is 0.348 e. The standard InChI is InChI=1S/C18H18N2O2/c1-12-5-3-4-6-15(12)18(22)19-11-13-7-8-16-14(9-13)10-17(21)20(16)2/h3-9H,10-11H2,1-2H3,(H,19,22). The summed E-state index contributed by atoms with van der Waals surface area (Å²) in [6.07, 6.45) is 0.436. The van der Waals surface area contributed by atoms with E-state index in [9.17, 15) is 9.59 Å². The highest BCUT2D eigenvalue weighted by molar-refractivity contribution is 6.01. The molecule has 2 aromatic carbocycles. The third-order valence-corrected chi connectivity index (χ3v) is 4.06. The minimum atomic E-state index is -0.0770. The Bertz CT molecular complexity index is 753. The summed E-state index contributed by atoms with van der Waals surface area (Å²) in [6, 6.07) is 13.4. The number of likely N-dealkylation sites (N-methyl/N-ethyl adjacent to an activating group) is 1. The molecule has 1 aliphatic rings. The van der Waals surface area contributed by atoms with Crippen LogP contribution in [0, 0.1) is 6.92 Å². The van der Waals surface area contributed by atoms with Crippen molar-refractivity contribution in [2.45, 2.75) is 19.9 Å². The van der Waals surface area contributed by atoms with Gasteiger partial charge in [-0.2, -0.15) is 0 Å². The van der Waals surface area contributed by atoms with Crippen LogP contribution < -0.4 is 10.2 Å². The Balaban J connectivity index is 1.71. The van der Waals surface area contributed by atoms with Crippen LogP contribution in [-0.4, -0.2) is 18.9 Å². The monoisotopic (exact) mass is 294 g/mol. The van der Waals surface area contributed by atoms with Crippen LogP contribution in [0.1, 0.15) is 27.0 Å². The van der Waals surface area contributed by atoms with Gasteiger partial charge in [0.25, 0.3) is 5.91 Å². The average molecular weight is 294 g/mol. The van der Waals surface area contributed by atoms with E-state index in [2.05, 4.69) is 5.32 Å². The van der Waals surface area contributed by atoms with Crippen molar-refractivity contribution in [2.75, 3.05) is 11.9 Å². The molecule has 1 N–H and O–H groups in total. The zero-order chi connectivity index (χ0) is 15.7. The smallest absolute Gasteiger partial charge is 0.251 e. The minimum Gasteiger partial charge on any atom is -0.348 e. The van der Waals surface area contributed by atoms with Crippen LogP contribution in [0.25, 0.3) is 0 Å². The molecule has 2 amide bonds. The number of aryl methyl sites for hydroxylation is 1. The lowest BCUT2D eigenvalue weighted by molar-refractivity contribution is -0.117. The third-order valence-electron chi connectivity index (χ3n) is 4.06. The molecule has 0 aliphatic carbocycles. The Morgan fingerprint density at radius 3 is 2.77 bits per heavy atom. The maximum absolute atomic E-state index is 12.2. The van der Waals surface area contributed by atoms with Gasteiger partial charge in [-0.3, -0.25) is 9.59 Å². The first-order valence-electron chi connectivity index (χ1n) is 7.28. The molecule has 0 saturated heterocycles. The molecule has 3 rings (SSSR count). The summed E-state index contributed by atoms with van der Waals surface area (Å²) >= 11 is 0. The summed E-state index contributed by atoms with van der Waals surface area (Å²) in [7, 11) is 1.79. The number of fused-ring (bicyclic) bond motifs is 1. The number of carbonyl (C=O) groups is 2. The number of anilines is 1. The number of hydrogen-bond acceptors (Lipinski definition) is 2. The molecule has 22 heavy (non-hydrogen) atoms.